The van der Waals surface area contributed by atoms with Crippen LogP contribution in [-0.2, 0) is 9.59 Å². The van der Waals surface area contributed by atoms with Gasteiger partial charge in [0.2, 0.25) is 0 Å². The second-order valence-electron chi connectivity index (χ2n) is 6.63. The minimum Gasteiger partial charge on any atom is -0.303 e. The Morgan fingerprint density at radius 1 is 0.591 bits per heavy atom. The van der Waals surface area contributed by atoms with Crippen LogP contribution in [-0.4, -0.2) is 12.6 Å². The molecule has 0 aromatic heterocycles. The monoisotopic (exact) mass is 312 g/mol. The van der Waals surface area contributed by atoms with Crippen molar-refractivity contribution in [1.82, 2.24) is 0 Å². The van der Waals surface area contributed by atoms with E-state index >= 15 is 0 Å². The molecule has 0 aromatic rings. The summed E-state index contributed by atoms with van der Waals surface area (Å²) >= 11 is 0. The summed E-state index contributed by atoms with van der Waals surface area (Å²) in [4.78, 5) is 20.4. The molecule has 0 aliphatic heterocycles. The third-order valence-electron chi connectivity index (χ3n) is 3.99. The van der Waals surface area contributed by atoms with Gasteiger partial charge >= 0.3 is 0 Å². The fraction of sp³-hybridized carbons (Fsp3) is 0.900. The van der Waals surface area contributed by atoms with E-state index in [4.69, 9.17) is 0 Å². The van der Waals surface area contributed by atoms with E-state index in [1.54, 1.807) is 0 Å². The molecule has 0 saturated heterocycles. The van der Waals surface area contributed by atoms with Crippen LogP contribution in [0.25, 0.3) is 0 Å². The van der Waals surface area contributed by atoms with E-state index in [1.807, 2.05) is 13.8 Å². The van der Waals surface area contributed by atoms with Crippen LogP contribution in [0.3, 0.4) is 0 Å². The van der Waals surface area contributed by atoms with E-state index in [0.717, 1.165) is 25.4 Å². The summed E-state index contributed by atoms with van der Waals surface area (Å²) in [6.45, 7) is 8.42. The maximum Gasteiger partial charge on any atom is 0.122 e. The topological polar surface area (TPSA) is 34.1 Å². The first-order valence-electron chi connectivity index (χ1n) is 9.52. The van der Waals surface area contributed by atoms with Crippen LogP contribution in [0, 0.1) is 11.8 Å². The van der Waals surface area contributed by atoms with Crippen LogP contribution in [0.5, 0.6) is 0 Å². The third kappa shape index (κ3) is 21.6. The molecule has 0 heterocycles. The molecule has 132 valence electrons. The van der Waals surface area contributed by atoms with Crippen LogP contribution >= 0.6 is 0 Å². The highest BCUT2D eigenvalue weighted by atomic mass is 16.1. The van der Waals surface area contributed by atoms with E-state index in [0.29, 0.717) is 0 Å². The second-order valence-corrected chi connectivity index (χ2v) is 6.63. The summed E-state index contributed by atoms with van der Waals surface area (Å²) in [5.41, 5.74) is 0. The average Bonchev–Trinajstić information content (AvgIpc) is 2.54. The molecule has 2 nitrogen and oxygen atoms in total. The molecule has 0 aliphatic carbocycles. The molecule has 0 aromatic carbocycles. The largest absolute Gasteiger partial charge is 0.303 e. The summed E-state index contributed by atoms with van der Waals surface area (Å²) < 4.78 is 0. The minimum atomic E-state index is 0.275. The van der Waals surface area contributed by atoms with E-state index in [-0.39, 0.29) is 11.8 Å². The van der Waals surface area contributed by atoms with E-state index in [2.05, 4.69) is 13.8 Å². The van der Waals surface area contributed by atoms with Gasteiger partial charge in [-0.25, -0.2) is 0 Å². The fourth-order valence-electron chi connectivity index (χ4n) is 2.28. The SMILES string of the molecule is CCCCCCCC(C)C=O.CCCCCCCC(C)C=O. The summed E-state index contributed by atoms with van der Waals surface area (Å²) in [5.74, 6) is 0.549. The number of unbranched alkanes of at least 4 members (excludes halogenated alkanes) is 8. The molecule has 0 bridgehead atoms. The van der Waals surface area contributed by atoms with Crippen molar-refractivity contribution in [3.63, 3.8) is 0 Å². The normalized spacial score (nSPS) is 12.9. The van der Waals surface area contributed by atoms with E-state index in [9.17, 15) is 9.59 Å². The zero-order valence-corrected chi connectivity index (χ0v) is 15.6. The van der Waals surface area contributed by atoms with Crippen LogP contribution in [0.2, 0.25) is 0 Å². The van der Waals surface area contributed by atoms with Gasteiger partial charge in [-0.15, -0.1) is 0 Å². The summed E-state index contributed by atoms with van der Waals surface area (Å²) in [7, 11) is 0. The molecule has 0 aliphatic rings. The summed E-state index contributed by atoms with van der Waals surface area (Å²) in [6, 6.07) is 0. The van der Waals surface area contributed by atoms with Crippen LogP contribution in [0.15, 0.2) is 0 Å². The first-order chi connectivity index (χ1) is 10.6. The van der Waals surface area contributed by atoms with Crippen molar-refractivity contribution in [3.8, 4) is 0 Å². The Balaban J connectivity index is 0. The van der Waals surface area contributed by atoms with Crippen molar-refractivity contribution in [3.05, 3.63) is 0 Å². The van der Waals surface area contributed by atoms with Gasteiger partial charge in [0, 0.05) is 11.8 Å². The lowest BCUT2D eigenvalue weighted by Crippen LogP contribution is -1.94. The van der Waals surface area contributed by atoms with Crippen LogP contribution in [0.4, 0.5) is 0 Å². The van der Waals surface area contributed by atoms with Gasteiger partial charge in [0.05, 0.1) is 0 Å². The molecule has 0 rings (SSSR count). The van der Waals surface area contributed by atoms with Crippen molar-refractivity contribution in [2.75, 3.05) is 0 Å². The molecule has 2 heteroatoms. The molecule has 0 radical (unpaired) electrons. The average molecular weight is 313 g/mol. The highest BCUT2D eigenvalue weighted by Crippen LogP contribution is 2.09. The van der Waals surface area contributed by atoms with Crippen molar-refractivity contribution in [1.29, 1.82) is 0 Å². The quantitative estimate of drug-likeness (QED) is 0.276. The predicted molar refractivity (Wildman–Crippen MR) is 97.2 cm³/mol. The lowest BCUT2D eigenvalue weighted by Gasteiger charge is -2.01. The molecular weight excluding hydrogens is 272 g/mol. The van der Waals surface area contributed by atoms with Gasteiger partial charge in [0.15, 0.2) is 0 Å². The minimum absolute atomic E-state index is 0.275. The Labute approximate surface area is 139 Å². The van der Waals surface area contributed by atoms with Gasteiger partial charge < -0.3 is 9.59 Å². The zero-order chi connectivity index (χ0) is 17.1. The first-order valence-corrected chi connectivity index (χ1v) is 9.52. The summed E-state index contributed by atoms with van der Waals surface area (Å²) in [5, 5.41) is 0. The van der Waals surface area contributed by atoms with Gasteiger partial charge in [-0.3, -0.25) is 0 Å². The maximum absolute atomic E-state index is 10.2. The van der Waals surface area contributed by atoms with Crippen molar-refractivity contribution in [2.24, 2.45) is 11.8 Å². The number of rotatable bonds is 14. The van der Waals surface area contributed by atoms with E-state index < -0.39 is 0 Å². The second kappa shape index (κ2) is 20.3. The Kier molecular flexibility index (Phi) is 21.8. The maximum atomic E-state index is 10.2. The third-order valence-corrected chi connectivity index (χ3v) is 3.99. The molecule has 0 N–H and O–H groups in total. The number of carbonyl (C=O) groups excluding carboxylic acids is 2. The zero-order valence-electron chi connectivity index (χ0n) is 15.6. The Hall–Kier alpha value is -0.660. The highest BCUT2D eigenvalue weighted by molar-refractivity contribution is 5.52. The summed E-state index contributed by atoms with van der Waals surface area (Å²) in [6.07, 6.45) is 17.2. The smallest absolute Gasteiger partial charge is 0.122 e. The lowest BCUT2D eigenvalue weighted by molar-refractivity contribution is -0.111. The Bertz CT molecular complexity index is 202. The highest BCUT2D eigenvalue weighted by Gasteiger charge is 1.98. The lowest BCUT2D eigenvalue weighted by atomic mass is 10.0. The van der Waals surface area contributed by atoms with Crippen LogP contribution in [0.1, 0.15) is 105 Å². The van der Waals surface area contributed by atoms with Gasteiger partial charge in [0.25, 0.3) is 0 Å². The fourth-order valence-corrected chi connectivity index (χ4v) is 2.28. The van der Waals surface area contributed by atoms with Gasteiger partial charge in [-0.1, -0.05) is 91.9 Å². The standard InChI is InChI=1S/2C10H20O/c2*1-3-4-5-6-7-8-10(2)9-11/h2*9-10H,3-8H2,1-2H3. The molecule has 22 heavy (non-hydrogen) atoms. The van der Waals surface area contributed by atoms with Crippen molar-refractivity contribution < 1.29 is 9.59 Å². The van der Waals surface area contributed by atoms with Crippen molar-refractivity contribution in [2.45, 2.75) is 105 Å². The Morgan fingerprint density at radius 2 is 0.909 bits per heavy atom. The van der Waals surface area contributed by atoms with Gasteiger partial charge in [-0.2, -0.15) is 0 Å². The number of hydrogen-bond donors (Lipinski definition) is 0. The molecule has 2 atom stereocenters. The predicted octanol–water partition coefficient (Wildman–Crippen LogP) is 6.36. The Morgan fingerprint density at radius 3 is 1.18 bits per heavy atom. The van der Waals surface area contributed by atoms with E-state index in [1.165, 1.54) is 64.2 Å². The number of carbonyl (C=O) groups is 2. The van der Waals surface area contributed by atoms with Crippen LogP contribution < -0.4 is 0 Å². The van der Waals surface area contributed by atoms with Gasteiger partial charge in [0.1, 0.15) is 12.6 Å². The van der Waals surface area contributed by atoms with Gasteiger partial charge in [-0.05, 0) is 12.8 Å². The molecule has 0 saturated carbocycles. The molecule has 0 amide bonds. The first kappa shape index (κ1) is 23.6. The molecule has 0 fully saturated rings. The number of aldehydes is 2. The molecule has 0 spiro atoms. The number of hydrogen-bond acceptors (Lipinski definition) is 2. The van der Waals surface area contributed by atoms with Crippen molar-refractivity contribution >= 4 is 12.6 Å². The molecular formula is C20H40O2. The molecule has 2 unspecified atom stereocenters.